The molecule has 0 aliphatic carbocycles. The number of carbonyl (C=O) groups excluding carboxylic acids is 2. The van der Waals surface area contributed by atoms with Crippen molar-refractivity contribution in [3.05, 3.63) is 72.3 Å². The molecule has 0 saturated heterocycles. The summed E-state index contributed by atoms with van der Waals surface area (Å²) in [5.74, 6) is -1.06. The predicted molar refractivity (Wildman–Crippen MR) is 108 cm³/mol. The van der Waals surface area contributed by atoms with Gasteiger partial charge in [0.05, 0.1) is 23.1 Å². The van der Waals surface area contributed by atoms with Gasteiger partial charge >= 0.3 is 6.09 Å². The van der Waals surface area contributed by atoms with Crippen LogP contribution in [0.15, 0.2) is 60.9 Å². The summed E-state index contributed by atoms with van der Waals surface area (Å²) in [4.78, 5) is 24.4. The summed E-state index contributed by atoms with van der Waals surface area (Å²) in [5.41, 5.74) is 0.648. The van der Waals surface area contributed by atoms with E-state index in [4.69, 9.17) is 4.74 Å². The highest BCUT2D eigenvalue weighted by Crippen LogP contribution is 2.21. The van der Waals surface area contributed by atoms with Crippen molar-refractivity contribution in [2.75, 3.05) is 10.6 Å². The van der Waals surface area contributed by atoms with E-state index >= 15 is 0 Å². The Morgan fingerprint density at radius 2 is 1.79 bits per heavy atom. The van der Waals surface area contributed by atoms with Crippen LogP contribution in [0.25, 0.3) is 5.69 Å². The van der Waals surface area contributed by atoms with Crippen LogP contribution in [0.1, 0.15) is 31.1 Å². The SMILES string of the molecule is CC(C)(C)OC(=O)Nc1cc(NC(=O)c2cnn(-c3ccccc3)c2)ccc1F. The fraction of sp³-hybridized carbons (Fsp3) is 0.190. The topological polar surface area (TPSA) is 85.2 Å². The molecule has 2 N–H and O–H groups in total. The third-order valence-electron chi connectivity index (χ3n) is 3.73. The van der Waals surface area contributed by atoms with Crippen molar-refractivity contribution in [3.8, 4) is 5.69 Å². The number of hydrogen-bond donors (Lipinski definition) is 2. The Kier molecular flexibility index (Phi) is 5.63. The van der Waals surface area contributed by atoms with Crippen LogP contribution >= 0.6 is 0 Å². The Hall–Kier alpha value is -3.68. The Morgan fingerprint density at radius 3 is 2.48 bits per heavy atom. The molecule has 0 fully saturated rings. The minimum Gasteiger partial charge on any atom is -0.444 e. The van der Waals surface area contributed by atoms with Gasteiger partial charge in [0, 0.05) is 11.9 Å². The number of hydrogen-bond acceptors (Lipinski definition) is 4. The summed E-state index contributed by atoms with van der Waals surface area (Å²) in [7, 11) is 0. The second-order valence-corrected chi connectivity index (χ2v) is 7.28. The van der Waals surface area contributed by atoms with Gasteiger partial charge in [0.1, 0.15) is 11.4 Å². The maximum Gasteiger partial charge on any atom is 0.412 e. The van der Waals surface area contributed by atoms with Crippen molar-refractivity contribution in [2.24, 2.45) is 0 Å². The van der Waals surface area contributed by atoms with E-state index < -0.39 is 23.4 Å². The molecule has 0 aliphatic heterocycles. The lowest BCUT2D eigenvalue weighted by atomic mass is 10.2. The van der Waals surface area contributed by atoms with Gasteiger partial charge in [-0.25, -0.2) is 13.9 Å². The minimum absolute atomic E-state index is 0.1000. The first-order chi connectivity index (χ1) is 13.7. The Morgan fingerprint density at radius 1 is 1.07 bits per heavy atom. The molecule has 8 heteroatoms. The zero-order valence-corrected chi connectivity index (χ0v) is 16.3. The molecule has 29 heavy (non-hydrogen) atoms. The maximum atomic E-state index is 14.0. The highest BCUT2D eigenvalue weighted by molar-refractivity contribution is 6.04. The van der Waals surface area contributed by atoms with Gasteiger partial charge < -0.3 is 10.1 Å². The normalized spacial score (nSPS) is 11.0. The molecule has 150 valence electrons. The van der Waals surface area contributed by atoms with Crippen molar-refractivity contribution in [1.82, 2.24) is 9.78 Å². The fourth-order valence-corrected chi connectivity index (χ4v) is 2.48. The number of anilines is 2. The lowest BCUT2D eigenvalue weighted by Crippen LogP contribution is -2.27. The maximum absolute atomic E-state index is 14.0. The number of rotatable bonds is 4. The molecule has 2 aromatic carbocycles. The molecular weight excluding hydrogens is 375 g/mol. The van der Waals surface area contributed by atoms with Gasteiger partial charge in [0.25, 0.3) is 5.91 Å². The second kappa shape index (κ2) is 8.14. The summed E-state index contributed by atoms with van der Waals surface area (Å²) in [6.07, 6.45) is 2.24. The molecule has 0 saturated carbocycles. The van der Waals surface area contributed by atoms with E-state index in [1.54, 1.807) is 31.6 Å². The van der Waals surface area contributed by atoms with Crippen LogP contribution in [0.3, 0.4) is 0 Å². The monoisotopic (exact) mass is 396 g/mol. The molecule has 7 nitrogen and oxygen atoms in total. The number of nitrogens with one attached hydrogen (secondary N) is 2. The van der Waals surface area contributed by atoms with E-state index in [1.807, 2.05) is 30.3 Å². The number of para-hydroxylation sites is 1. The first-order valence-corrected chi connectivity index (χ1v) is 8.92. The number of benzene rings is 2. The molecule has 0 spiro atoms. The van der Waals surface area contributed by atoms with Crippen LogP contribution in [0.2, 0.25) is 0 Å². The zero-order valence-electron chi connectivity index (χ0n) is 16.3. The average Bonchev–Trinajstić information content (AvgIpc) is 3.14. The molecule has 3 aromatic rings. The molecule has 0 unspecified atom stereocenters. The third-order valence-corrected chi connectivity index (χ3v) is 3.73. The van der Waals surface area contributed by atoms with E-state index in [0.717, 1.165) is 11.8 Å². The fourth-order valence-electron chi connectivity index (χ4n) is 2.48. The number of nitrogens with zero attached hydrogens (tertiary/aromatic N) is 2. The minimum atomic E-state index is -0.788. The molecule has 3 rings (SSSR count). The van der Waals surface area contributed by atoms with E-state index in [1.165, 1.54) is 18.3 Å². The number of amides is 2. The number of ether oxygens (including phenoxy) is 1. The van der Waals surface area contributed by atoms with Crippen molar-refractivity contribution in [1.29, 1.82) is 0 Å². The molecule has 2 amide bonds. The van der Waals surface area contributed by atoms with Gasteiger partial charge in [-0.15, -0.1) is 0 Å². The largest absolute Gasteiger partial charge is 0.444 e. The van der Waals surface area contributed by atoms with Gasteiger partial charge in [0.2, 0.25) is 0 Å². The first kappa shape index (κ1) is 20.1. The predicted octanol–water partition coefficient (Wildman–Crippen LogP) is 4.61. The quantitative estimate of drug-likeness (QED) is 0.674. The van der Waals surface area contributed by atoms with Crippen molar-refractivity contribution in [2.45, 2.75) is 26.4 Å². The first-order valence-electron chi connectivity index (χ1n) is 8.92. The Bertz CT molecular complexity index is 1030. The lowest BCUT2D eigenvalue weighted by Gasteiger charge is -2.20. The molecule has 0 radical (unpaired) electrons. The van der Waals surface area contributed by atoms with E-state index in [0.29, 0.717) is 11.3 Å². The lowest BCUT2D eigenvalue weighted by molar-refractivity contribution is 0.0635. The van der Waals surface area contributed by atoms with Crippen LogP contribution in [-0.2, 0) is 4.74 Å². The molecular formula is C21H21FN4O3. The van der Waals surface area contributed by atoms with Gasteiger partial charge in [-0.3, -0.25) is 10.1 Å². The Balaban J connectivity index is 1.71. The molecule has 0 bridgehead atoms. The molecule has 1 heterocycles. The number of halogens is 1. The van der Waals surface area contributed by atoms with E-state index in [2.05, 4.69) is 15.7 Å². The van der Waals surface area contributed by atoms with Crippen LogP contribution in [0.5, 0.6) is 0 Å². The van der Waals surface area contributed by atoms with Crippen molar-refractivity contribution >= 4 is 23.4 Å². The molecule has 1 aromatic heterocycles. The third kappa shape index (κ3) is 5.41. The van der Waals surface area contributed by atoms with Crippen molar-refractivity contribution in [3.63, 3.8) is 0 Å². The standard InChI is InChI=1S/C21H21FN4O3/c1-21(2,3)29-20(28)25-18-11-15(9-10-17(18)22)24-19(27)14-12-23-26(13-14)16-7-5-4-6-8-16/h4-13H,1-3H3,(H,24,27)(H,25,28). The van der Waals surface area contributed by atoms with Crippen LogP contribution < -0.4 is 10.6 Å². The summed E-state index contributed by atoms with van der Waals surface area (Å²) in [5, 5.41) is 9.18. The smallest absolute Gasteiger partial charge is 0.412 e. The zero-order chi connectivity index (χ0) is 21.0. The summed E-state index contributed by atoms with van der Waals surface area (Å²) < 4.78 is 20.7. The second-order valence-electron chi connectivity index (χ2n) is 7.28. The number of carbonyl (C=O) groups is 2. The number of aromatic nitrogens is 2. The highest BCUT2D eigenvalue weighted by atomic mass is 19.1. The van der Waals surface area contributed by atoms with E-state index in [9.17, 15) is 14.0 Å². The van der Waals surface area contributed by atoms with E-state index in [-0.39, 0.29) is 5.69 Å². The van der Waals surface area contributed by atoms with Gasteiger partial charge in [-0.05, 0) is 51.1 Å². The van der Waals surface area contributed by atoms with Crippen LogP contribution in [-0.4, -0.2) is 27.4 Å². The highest BCUT2D eigenvalue weighted by Gasteiger charge is 2.18. The van der Waals surface area contributed by atoms with Gasteiger partial charge in [0.15, 0.2) is 0 Å². The summed E-state index contributed by atoms with van der Waals surface area (Å²) in [6.45, 7) is 5.11. The summed E-state index contributed by atoms with van der Waals surface area (Å²) >= 11 is 0. The average molecular weight is 396 g/mol. The van der Waals surface area contributed by atoms with Gasteiger partial charge in [-0.2, -0.15) is 5.10 Å². The Labute approximate surface area is 167 Å². The van der Waals surface area contributed by atoms with Crippen LogP contribution in [0.4, 0.5) is 20.6 Å². The summed E-state index contributed by atoms with van der Waals surface area (Å²) in [6, 6.07) is 13.2. The van der Waals surface area contributed by atoms with Crippen LogP contribution in [0, 0.1) is 5.82 Å². The molecule has 0 aliphatic rings. The molecule has 0 atom stereocenters. The van der Waals surface area contributed by atoms with Gasteiger partial charge in [-0.1, -0.05) is 18.2 Å². The van der Waals surface area contributed by atoms with Crippen molar-refractivity contribution < 1.29 is 18.7 Å².